The van der Waals surface area contributed by atoms with Crippen LogP contribution >= 0.6 is 0 Å². The molecule has 136 valence electrons. The zero-order valence-electron chi connectivity index (χ0n) is 15.1. The number of carbonyl (C=O) groups is 1. The summed E-state index contributed by atoms with van der Waals surface area (Å²) in [6.07, 6.45) is 8.24. The van der Waals surface area contributed by atoms with Gasteiger partial charge in [-0.3, -0.25) is 9.59 Å². The summed E-state index contributed by atoms with van der Waals surface area (Å²) >= 11 is 0. The molecule has 5 nitrogen and oxygen atoms in total. The number of likely N-dealkylation sites (tertiary alicyclic amines) is 1. The SMILES string of the molecule is C=CC[C@@]1(CO)CCCN(C(=O)c2cc3c(n(C)c2=O)CCCC3)C1. The average Bonchev–Trinajstić information content (AvgIpc) is 2.64. The number of carbonyl (C=O) groups excluding carboxylic acids is 1. The van der Waals surface area contributed by atoms with Crippen LogP contribution in [0.2, 0.25) is 0 Å². The van der Waals surface area contributed by atoms with Crippen LogP contribution < -0.4 is 5.56 Å². The van der Waals surface area contributed by atoms with Crippen LogP contribution in [0.15, 0.2) is 23.5 Å². The summed E-state index contributed by atoms with van der Waals surface area (Å²) in [6.45, 7) is 4.93. The Morgan fingerprint density at radius 1 is 1.36 bits per heavy atom. The number of allylic oxidation sites excluding steroid dienone is 1. The molecule has 1 N–H and O–H groups in total. The van der Waals surface area contributed by atoms with Crippen molar-refractivity contribution in [1.82, 2.24) is 9.47 Å². The molecule has 0 bridgehead atoms. The number of pyridine rings is 1. The molecule has 0 aromatic carbocycles. The number of nitrogens with zero attached hydrogens (tertiary/aromatic N) is 2. The van der Waals surface area contributed by atoms with Gasteiger partial charge in [0.05, 0.1) is 6.61 Å². The molecule has 1 saturated heterocycles. The molecule has 0 unspecified atom stereocenters. The molecule has 1 aliphatic carbocycles. The predicted molar refractivity (Wildman–Crippen MR) is 97.8 cm³/mol. The maximum atomic E-state index is 13.1. The molecule has 25 heavy (non-hydrogen) atoms. The van der Waals surface area contributed by atoms with Gasteiger partial charge in [0.15, 0.2) is 0 Å². The Labute approximate surface area is 149 Å². The van der Waals surface area contributed by atoms with Crippen LogP contribution in [0.4, 0.5) is 0 Å². The zero-order valence-corrected chi connectivity index (χ0v) is 15.1. The molecule has 1 aliphatic heterocycles. The van der Waals surface area contributed by atoms with Gasteiger partial charge in [0, 0.05) is 31.2 Å². The number of hydrogen-bond acceptors (Lipinski definition) is 3. The van der Waals surface area contributed by atoms with E-state index in [0.29, 0.717) is 19.5 Å². The van der Waals surface area contributed by atoms with E-state index in [4.69, 9.17) is 0 Å². The van der Waals surface area contributed by atoms with Crippen molar-refractivity contribution in [2.75, 3.05) is 19.7 Å². The summed E-state index contributed by atoms with van der Waals surface area (Å²) in [5.74, 6) is -0.199. The van der Waals surface area contributed by atoms with Crippen molar-refractivity contribution in [3.05, 3.63) is 45.9 Å². The highest BCUT2D eigenvalue weighted by molar-refractivity contribution is 5.94. The molecule has 1 atom stereocenters. The number of piperidine rings is 1. The Kier molecular flexibility index (Phi) is 5.13. The molecule has 2 aliphatic rings. The van der Waals surface area contributed by atoms with Gasteiger partial charge >= 0.3 is 0 Å². The molecule has 1 aromatic rings. The molecule has 2 heterocycles. The number of rotatable bonds is 4. The standard InChI is InChI=1S/C20H28N2O3/c1-3-9-20(14-23)10-6-11-22(13-20)19(25)16-12-15-7-4-5-8-17(15)21(2)18(16)24/h3,12,23H,1,4-11,13-14H2,2H3/t20-/m1/s1. The largest absolute Gasteiger partial charge is 0.396 e. The van der Waals surface area contributed by atoms with E-state index in [1.165, 1.54) is 0 Å². The van der Waals surface area contributed by atoms with Gasteiger partial charge in [-0.2, -0.15) is 0 Å². The second kappa shape index (κ2) is 7.16. The van der Waals surface area contributed by atoms with Crippen molar-refractivity contribution in [1.29, 1.82) is 0 Å². The van der Waals surface area contributed by atoms with Gasteiger partial charge in [-0.05, 0) is 56.6 Å². The first-order valence-corrected chi connectivity index (χ1v) is 9.24. The average molecular weight is 344 g/mol. The van der Waals surface area contributed by atoms with E-state index >= 15 is 0 Å². The van der Waals surface area contributed by atoms with Crippen LogP contribution in [-0.4, -0.2) is 40.2 Å². The summed E-state index contributed by atoms with van der Waals surface area (Å²) < 4.78 is 1.66. The maximum absolute atomic E-state index is 13.1. The summed E-state index contributed by atoms with van der Waals surface area (Å²) in [5, 5.41) is 9.85. The molecule has 1 amide bonds. The van der Waals surface area contributed by atoms with Crippen LogP contribution in [0.1, 0.15) is 53.7 Å². The van der Waals surface area contributed by atoms with E-state index in [2.05, 4.69) is 6.58 Å². The lowest BCUT2D eigenvalue weighted by Crippen LogP contribution is -2.49. The fraction of sp³-hybridized carbons (Fsp3) is 0.600. The lowest BCUT2D eigenvalue weighted by molar-refractivity contribution is 0.0283. The van der Waals surface area contributed by atoms with Gasteiger partial charge in [-0.15, -0.1) is 6.58 Å². The van der Waals surface area contributed by atoms with Crippen LogP contribution in [0.3, 0.4) is 0 Å². The Morgan fingerprint density at radius 2 is 2.12 bits per heavy atom. The number of aromatic nitrogens is 1. The van der Waals surface area contributed by atoms with E-state index < -0.39 is 0 Å². The highest BCUT2D eigenvalue weighted by Gasteiger charge is 2.36. The highest BCUT2D eigenvalue weighted by Crippen LogP contribution is 2.34. The maximum Gasteiger partial charge on any atom is 0.263 e. The van der Waals surface area contributed by atoms with E-state index in [9.17, 15) is 14.7 Å². The van der Waals surface area contributed by atoms with Crippen molar-refractivity contribution in [2.45, 2.75) is 44.9 Å². The predicted octanol–water partition coefficient (Wildman–Crippen LogP) is 2.05. The highest BCUT2D eigenvalue weighted by atomic mass is 16.3. The normalized spacial score (nSPS) is 23.2. The van der Waals surface area contributed by atoms with E-state index in [1.54, 1.807) is 16.5 Å². The molecule has 5 heteroatoms. The zero-order chi connectivity index (χ0) is 18.0. The summed E-state index contributed by atoms with van der Waals surface area (Å²) in [7, 11) is 1.77. The van der Waals surface area contributed by atoms with Gasteiger partial charge in [-0.25, -0.2) is 0 Å². The molecule has 0 spiro atoms. The van der Waals surface area contributed by atoms with Crippen LogP contribution in [0.5, 0.6) is 0 Å². The smallest absolute Gasteiger partial charge is 0.263 e. The van der Waals surface area contributed by atoms with Gasteiger partial charge in [0.1, 0.15) is 5.56 Å². The first kappa shape index (κ1) is 17.9. The number of aryl methyl sites for hydroxylation is 1. The van der Waals surface area contributed by atoms with E-state index in [1.807, 2.05) is 12.1 Å². The van der Waals surface area contributed by atoms with Crippen LogP contribution in [0.25, 0.3) is 0 Å². The Bertz CT molecular complexity index is 737. The molecule has 1 fully saturated rings. The summed E-state index contributed by atoms with van der Waals surface area (Å²) in [4.78, 5) is 27.5. The van der Waals surface area contributed by atoms with Crippen LogP contribution in [-0.2, 0) is 19.9 Å². The first-order valence-electron chi connectivity index (χ1n) is 9.24. The molecular weight excluding hydrogens is 316 g/mol. The second-order valence-corrected chi connectivity index (χ2v) is 7.58. The van der Waals surface area contributed by atoms with Crippen molar-refractivity contribution in [3.8, 4) is 0 Å². The second-order valence-electron chi connectivity index (χ2n) is 7.58. The minimum Gasteiger partial charge on any atom is -0.396 e. The Morgan fingerprint density at radius 3 is 2.84 bits per heavy atom. The van der Waals surface area contributed by atoms with E-state index in [-0.39, 0.29) is 29.1 Å². The molecule has 0 radical (unpaired) electrons. The minimum atomic E-state index is -0.324. The fourth-order valence-corrected chi connectivity index (χ4v) is 4.36. The number of aliphatic hydroxyl groups excluding tert-OH is 1. The first-order chi connectivity index (χ1) is 12.0. The lowest BCUT2D eigenvalue weighted by Gasteiger charge is -2.41. The van der Waals surface area contributed by atoms with Gasteiger partial charge in [0.2, 0.25) is 0 Å². The monoisotopic (exact) mass is 344 g/mol. The summed E-state index contributed by atoms with van der Waals surface area (Å²) in [5.41, 5.74) is 1.95. The third kappa shape index (κ3) is 3.30. The van der Waals surface area contributed by atoms with E-state index in [0.717, 1.165) is 49.8 Å². The number of fused-ring (bicyclic) bond motifs is 1. The van der Waals surface area contributed by atoms with Gasteiger partial charge in [-0.1, -0.05) is 6.08 Å². The number of aliphatic hydroxyl groups is 1. The quantitative estimate of drug-likeness (QED) is 0.851. The Hall–Kier alpha value is -1.88. The third-order valence-electron chi connectivity index (χ3n) is 5.83. The van der Waals surface area contributed by atoms with Gasteiger partial charge in [0.25, 0.3) is 11.5 Å². The molecule has 1 aromatic heterocycles. The molecular formula is C20H28N2O3. The minimum absolute atomic E-state index is 0.0327. The lowest BCUT2D eigenvalue weighted by atomic mass is 9.77. The third-order valence-corrected chi connectivity index (χ3v) is 5.83. The van der Waals surface area contributed by atoms with Crippen molar-refractivity contribution >= 4 is 5.91 Å². The fourth-order valence-electron chi connectivity index (χ4n) is 4.36. The number of hydrogen-bond donors (Lipinski definition) is 1. The van der Waals surface area contributed by atoms with Crippen molar-refractivity contribution in [2.24, 2.45) is 12.5 Å². The summed E-state index contributed by atoms with van der Waals surface area (Å²) in [6, 6.07) is 1.82. The topological polar surface area (TPSA) is 62.5 Å². The van der Waals surface area contributed by atoms with Crippen LogP contribution in [0, 0.1) is 5.41 Å². The van der Waals surface area contributed by atoms with Crippen molar-refractivity contribution < 1.29 is 9.90 Å². The van der Waals surface area contributed by atoms with Gasteiger partial charge < -0.3 is 14.6 Å². The molecule has 0 saturated carbocycles. The molecule has 3 rings (SSSR count). The Balaban J connectivity index is 1.92. The van der Waals surface area contributed by atoms with Crippen molar-refractivity contribution in [3.63, 3.8) is 0 Å². The number of amides is 1.